The minimum atomic E-state index is -0.166. The van der Waals surface area contributed by atoms with Crippen LogP contribution in [0.2, 0.25) is 0 Å². The molecule has 3 N–H and O–H groups in total. The molecule has 1 aromatic carbocycles. The molecule has 0 aliphatic heterocycles. The van der Waals surface area contributed by atoms with Crippen molar-refractivity contribution in [1.82, 2.24) is 15.2 Å². The van der Waals surface area contributed by atoms with Gasteiger partial charge in [-0.3, -0.25) is 14.9 Å². The molecular formula is C15H15N5O. The highest BCUT2D eigenvalue weighted by atomic mass is 16.2. The lowest BCUT2D eigenvalue weighted by molar-refractivity contribution is 0.0985. The van der Waals surface area contributed by atoms with Crippen molar-refractivity contribution in [2.24, 2.45) is 0 Å². The fourth-order valence-electron chi connectivity index (χ4n) is 2.29. The second-order valence-electron chi connectivity index (χ2n) is 4.63. The van der Waals surface area contributed by atoms with Gasteiger partial charge in [-0.15, -0.1) is 0 Å². The number of fused-ring (bicyclic) bond motifs is 1. The first-order chi connectivity index (χ1) is 10.2. The molecule has 0 atom stereocenters. The van der Waals surface area contributed by atoms with Gasteiger partial charge in [-0.2, -0.15) is 5.10 Å². The van der Waals surface area contributed by atoms with Crippen molar-refractivity contribution in [3.05, 3.63) is 48.4 Å². The van der Waals surface area contributed by atoms with Crippen molar-refractivity contribution in [1.29, 1.82) is 0 Å². The van der Waals surface area contributed by atoms with Crippen LogP contribution in [0.25, 0.3) is 10.9 Å². The van der Waals surface area contributed by atoms with Crippen LogP contribution in [0.15, 0.2) is 42.7 Å². The average Bonchev–Trinajstić information content (AvgIpc) is 2.92. The lowest BCUT2D eigenvalue weighted by atomic mass is 10.1. The standard InChI is InChI=1S/C15H15N5O/c1-2-20(11-5-7-17-8-6-11)15(21)14-12-9-10(16)3-4-13(12)18-19-14/h3-9H,2,16H2,1H3,(H,18,19). The number of nitrogens with one attached hydrogen (secondary N) is 1. The molecular weight excluding hydrogens is 266 g/mol. The Hall–Kier alpha value is -2.89. The zero-order valence-corrected chi connectivity index (χ0v) is 11.6. The fourth-order valence-corrected chi connectivity index (χ4v) is 2.29. The molecule has 6 nitrogen and oxygen atoms in total. The minimum absolute atomic E-state index is 0.166. The minimum Gasteiger partial charge on any atom is -0.399 e. The molecule has 0 unspecified atom stereocenters. The first-order valence-corrected chi connectivity index (χ1v) is 6.66. The van der Waals surface area contributed by atoms with Gasteiger partial charge in [0, 0.05) is 35.7 Å². The maximum atomic E-state index is 12.7. The second-order valence-corrected chi connectivity index (χ2v) is 4.63. The fraction of sp³-hybridized carbons (Fsp3) is 0.133. The third-order valence-electron chi connectivity index (χ3n) is 3.33. The molecule has 1 amide bonds. The largest absolute Gasteiger partial charge is 0.399 e. The first kappa shape index (κ1) is 13.1. The van der Waals surface area contributed by atoms with E-state index >= 15 is 0 Å². The Morgan fingerprint density at radius 2 is 2.05 bits per heavy atom. The molecule has 2 heterocycles. The lowest BCUT2D eigenvalue weighted by Crippen LogP contribution is -2.31. The normalized spacial score (nSPS) is 10.7. The van der Waals surface area contributed by atoms with Gasteiger partial charge >= 0.3 is 0 Å². The predicted octanol–water partition coefficient (Wildman–Crippen LogP) is 2.21. The number of hydrogen-bond acceptors (Lipinski definition) is 4. The molecule has 21 heavy (non-hydrogen) atoms. The lowest BCUT2D eigenvalue weighted by Gasteiger charge is -2.19. The zero-order chi connectivity index (χ0) is 14.8. The number of anilines is 2. The predicted molar refractivity (Wildman–Crippen MR) is 82.1 cm³/mol. The van der Waals surface area contributed by atoms with Gasteiger partial charge in [0.2, 0.25) is 0 Å². The molecule has 0 saturated heterocycles. The average molecular weight is 281 g/mol. The Morgan fingerprint density at radius 3 is 2.76 bits per heavy atom. The Labute approximate surface area is 121 Å². The van der Waals surface area contributed by atoms with Crippen LogP contribution < -0.4 is 10.6 Å². The van der Waals surface area contributed by atoms with E-state index in [1.165, 1.54) is 0 Å². The molecule has 3 aromatic rings. The summed E-state index contributed by atoms with van der Waals surface area (Å²) in [6.07, 6.45) is 3.32. The highest BCUT2D eigenvalue weighted by molar-refractivity contribution is 6.12. The summed E-state index contributed by atoms with van der Waals surface area (Å²) in [5.74, 6) is -0.166. The van der Waals surface area contributed by atoms with Crippen LogP contribution in [-0.2, 0) is 0 Å². The molecule has 0 fully saturated rings. The Morgan fingerprint density at radius 1 is 1.29 bits per heavy atom. The summed E-state index contributed by atoms with van der Waals surface area (Å²) < 4.78 is 0. The number of rotatable bonds is 3. The van der Waals surface area contributed by atoms with Crippen molar-refractivity contribution in [3.8, 4) is 0 Å². The van der Waals surface area contributed by atoms with E-state index in [1.807, 2.05) is 13.0 Å². The van der Waals surface area contributed by atoms with Gasteiger partial charge in [-0.05, 0) is 37.3 Å². The SMILES string of the molecule is CCN(C(=O)c1n[nH]c2ccc(N)cc12)c1ccncc1. The van der Waals surface area contributed by atoms with Crippen molar-refractivity contribution in [2.75, 3.05) is 17.2 Å². The van der Waals surface area contributed by atoms with Crippen LogP contribution in [0.1, 0.15) is 17.4 Å². The molecule has 106 valence electrons. The van der Waals surface area contributed by atoms with E-state index in [4.69, 9.17) is 5.73 Å². The van der Waals surface area contributed by atoms with E-state index in [1.54, 1.807) is 41.6 Å². The highest BCUT2D eigenvalue weighted by Gasteiger charge is 2.21. The van der Waals surface area contributed by atoms with Gasteiger partial charge in [-0.25, -0.2) is 0 Å². The third-order valence-corrected chi connectivity index (χ3v) is 3.33. The van der Waals surface area contributed by atoms with Crippen LogP contribution in [-0.4, -0.2) is 27.6 Å². The van der Waals surface area contributed by atoms with Gasteiger partial charge in [0.1, 0.15) is 0 Å². The van der Waals surface area contributed by atoms with Gasteiger partial charge < -0.3 is 10.6 Å². The molecule has 0 spiro atoms. The number of nitrogens with zero attached hydrogens (tertiary/aromatic N) is 3. The molecule has 2 aromatic heterocycles. The molecule has 0 aliphatic carbocycles. The number of carbonyl (C=O) groups excluding carboxylic acids is 1. The van der Waals surface area contributed by atoms with E-state index in [0.29, 0.717) is 17.9 Å². The molecule has 6 heteroatoms. The molecule has 0 radical (unpaired) electrons. The summed E-state index contributed by atoms with van der Waals surface area (Å²) in [6.45, 7) is 2.46. The van der Waals surface area contributed by atoms with E-state index in [0.717, 1.165) is 16.6 Å². The summed E-state index contributed by atoms with van der Waals surface area (Å²) in [5.41, 5.74) is 8.35. The van der Waals surface area contributed by atoms with E-state index in [-0.39, 0.29) is 5.91 Å². The number of aromatic amines is 1. The third kappa shape index (κ3) is 2.31. The van der Waals surface area contributed by atoms with Gasteiger partial charge in [0.15, 0.2) is 5.69 Å². The maximum Gasteiger partial charge on any atom is 0.279 e. The topological polar surface area (TPSA) is 87.9 Å². The number of pyridine rings is 1. The molecule has 3 rings (SSSR count). The number of nitrogen functional groups attached to an aromatic ring is 1. The van der Waals surface area contributed by atoms with Gasteiger partial charge in [0.05, 0.1) is 5.52 Å². The molecule has 0 bridgehead atoms. The summed E-state index contributed by atoms with van der Waals surface area (Å²) in [5, 5.41) is 7.73. The first-order valence-electron chi connectivity index (χ1n) is 6.66. The van der Waals surface area contributed by atoms with Gasteiger partial charge in [-0.1, -0.05) is 0 Å². The van der Waals surface area contributed by atoms with Crippen LogP contribution in [0, 0.1) is 0 Å². The molecule has 0 saturated carbocycles. The Balaban J connectivity index is 2.05. The summed E-state index contributed by atoms with van der Waals surface area (Å²) >= 11 is 0. The van der Waals surface area contributed by atoms with Crippen molar-refractivity contribution >= 4 is 28.2 Å². The summed E-state index contributed by atoms with van der Waals surface area (Å²) in [6, 6.07) is 8.94. The number of amides is 1. The van der Waals surface area contributed by atoms with Crippen LogP contribution >= 0.6 is 0 Å². The number of aromatic nitrogens is 3. The Bertz CT molecular complexity index is 781. The van der Waals surface area contributed by atoms with Crippen LogP contribution in [0.5, 0.6) is 0 Å². The molecule has 0 aliphatic rings. The number of benzene rings is 1. The van der Waals surface area contributed by atoms with Crippen molar-refractivity contribution < 1.29 is 4.79 Å². The van der Waals surface area contributed by atoms with Crippen molar-refractivity contribution in [3.63, 3.8) is 0 Å². The Kier molecular flexibility index (Phi) is 3.27. The summed E-state index contributed by atoms with van der Waals surface area (Å²) in [7, 11) is 0. The van der Waals surface area contributed by atoms with Crippen LogP contribution in [0.4, 0.5) is 11.4 Å². The smallest absolute Gasteiger partial charge is 0.279 e. The van der Waals surface area contributed by atoms with E-state index in [9.17, 15) is 4.79 Å². The number of carbonyl (C=O) groups is 1. The van der Waals surface area contributed by atoms with E-state index < -0.39 is 0 Å². The monoisotopic (exact) mass is 281 g/mol. The number of H-pyrrole nitrogens is 1. The van der Waals surface area contributed by atoms with E-state index in [2.05, 4.69) is 15.2 Å². The number of nitrogens with two attached hydrogens (primary N) is 1. The van der Waals surface area contributed by atoms with Crippen LogP contribution in [0.3, 0.4) is 0 Å². The quantitative estimate of drug-likeness (QED) is 0.720. The zero-order valence-electron chi connectivity index (χ0n) is 11.6. The van der Waals surface area contributed by atoms with Crippen molar-refractivity contribution in [2.45, 2.75) is 6.92 Å². The second kappa shape index (κ2) is 5.24. The highest BCUT2D eigenvalue weighted by Crippen LogP contribution is 2.22. The van der Waals surface area contributed by atoms with Gasteiger partial charge in [0.25, 0.3) is 5.91 Å². The summed E-state index contributed by atoms with van der Waals surface area (Å²) in [4.78, 5) is 18.4. The number of hydrogen-bond donors (Lipinski definition) is 2. The maximum absolute atomic E-state index is 12.7.